The average molecular weight is 364 g/mol. The van der Waals surface area contributed by atoms with E-state index in [0.29, 0.717) is 5.57 Å². The number of aliphatic hydroxyl groups is 1. The zero-order valence-corrected chi connectivity index (χ0v) is 18.2. The summed E-state index contributed by atoms with van der Waals surface area (Å²) in [5.41, 5.74) is 6.76. The molecule has 0 saturated heterocycles. The minimum absolute atomic E-state index is 0.0713. The zero-order chi connectivity index (χ0) is 21.5. The van der Waals surface area contributed by atoms with Gasteiger partial charge < -0.3 is 10.8 Å². The van der Waals surface area contributed by atoms with Crippen LogP contribution in [0.1, 0.15) is 61.8 Å². The number of amides is 1. The van der Waals surface area contributed by atoms with E-state index in [2.05, 4.69) is 13.2 Å². The lowest BCUT2D eigenvalue weighted by atomic mass is 9.85. The Morgan fingerprint density at radius 1 is 1.04 bits per heavy atom. The summed E-state index contributed by atoms with van der Waals surface area (Å²) in [6.07, 6.45) is 12.1. The Morgan fingerprint density at radius 3 is 1.85 bits per heavy atom. The molecule has 0 rings (SSSR count). The minimum Gasteiger partial charge on any atom is -0.508 e. The maximum absolute atomic E-state index is 11.3. The molecule has 150 valence electrons. The van der Waals surface area contributed by atoms with Crippen molar-refractivity contribution in [1.82, 2.24) is 0 Å². The maximum atomic E-state index is 11.3. The topological polar surface area (TPSA) is 63.3 Å². The van der Waals surface area contributed by atoms with Crippen molar-refractivity contribution in [3.63, 3.8) is 0 Å². The summed E-state index contributed by atoms with van der Waals surface area (Å²) in [5.74, 6) is -0.696. The largest absolute Gasteiger partial charge is 0.508 e. The van der Waals surface area contributed by atoms with Gasteiger partial charge in [-0.25, -0.2) is 0 Å². The molecule has 1 amide bonds. The van der Waals surface area contributed by atoms with Crippen LogP contribution in [0.2, 0.25) is 0 Å². The van der Waals surface area contributed by atoms with Crippen LogP contribution in [0.3, 0.4) is 0 Å². The van der Waals surface area contributed by atoms with Crippen LogP contribution in [0, 0.1) is 5.92 Å². The first-order chi connectivity index (χ1) is 12.5. The predicted octanol–water partition coefficient (Wildman–Crippen LogP) is 6.82. The average Bonchev–Trinajstić information content (AvgIpc) is 2.67. The smallest absolute Gasteiger partial charge is 0.218 e. The van der Waals surface area contributed by atoms with E-state index in [0.717, 1.165) is 5.57 Å². The van der Waals surface area contributed by atoms with E-state index in [-0.39, 0.29) is 18.1 Å². The molecule has 0 aromatic rings. The van der Waals surface area contributed by atoms with Crippen molar-refractivity contribution in [3.05, 3.63) is 72.6 Å². The molecule has 0 spiro atoms. The fourth-order valence-corrected chi connectivity index (χ4v) is 1.88. The third-order valence-electron chi connectivity index (χ3n) is 2.78. The highest BCUT2D eigenvalue weighted by atomic mass is 16.3. The highest BCUT2D eigenvalue weighted by molar-refractivity contribution is 5.75. The second-order valence-electron chi connectivity index (χ2n) is 4.15. The van der Waals surface area contributed by atoms with Crippen LogP contribution in [0.5, 0.6) is 0 Å². The molecule has 0 heterocycles. The van der Waals surface area contributed by atoms with Crippen molar-refractivity contribution < 1.29 is 9.90 Å². The zero-order valence-electron chi connectivity index (χ0n) is 18.2. The molecule has 3 N–H and O–H groups in total. The lowest BCUT2D eigenvalue weighted by Gasteiger charge is -2.20. The van der Waals surface area contributed by atoms with Gasteiger partial charge in [0.1, 0.15) is 5.76 Å². The van der Waals surface area contributed by atoms with Crippen LogP contribution in [0.25, 0.3) is 0 Å². The van der Waals surface area contributed by atoms with E-state index in [9.17, 15) is 9.90 Å². The van der Waals surface area contributed by atoms with Gasteiger partial charge in [0, 0.05) is 12.3 Å². The molecule has 0 aliphatic rings. The van der Waals surface area contributed by atoms with Crippen LogP contribution in [0.15, 0.2) is 72.6 Å². The predicted molar refractivity (Wildman–Crippen MR) is 119 cm³/mol. The molecule has 0 aromatic heterocycles. The fourth-order valence-electron chi connectivity index (χ4n) is 1.88. The highest BCUT2D eigenvalue weighted by Gasteiger charge is 2.21. The van der Waals surface area contributed by atoms with E-state index in [4.69, 9.17) is 5.73 Å². The van der Waals surface area contributed by atoms with Crippen LogP contribution >= 0.6 is 0 Å². The molecule has 0 fully saturated rings. The number of rotatable bonds is 8. The molecule has 1 atom stereocenters. The van der Waals surface area contributed by atoms with E-state index in [1.165, 1.54) is 12.2 Å². The maximum Gasteiger partial charge on any atom is 0.218 e. The van der Waals surface area contributed by atoms with Crippen LogP contribution in [-0.4, -0.2) is 11.0 Å². The molecule has 26 heavy (non-hydrogen) atoms. The molecule has 0 saturated carbocycles. The third-order valence-corrected chi connectivity index (χ3v) is 2.78. The van der Waals surface area contributed by atoms with Crippen molar-refractivity contribution in [3.8, 4) is 0 Å². The lowest BCUT2D eigenvalue weighted by molar-refractivity contribution is -0.118. The Bertz CT molecular complexity index is 480. The van der Waals surface area contributed by atoms with Crippen molar-refractivity contribution in [1.29, 1.82) is 0 Å². The quantitative estimate of drug-likeness (QED) is 0.367. The van der Waals surface area contributed by atoms with Crippen molar-refractivity contribution in [2.75, 3.05) is 0 Å². The van der Waals surface area contributed by atoms with Gasteiger partial charge in [-0.3, -0.25) is 4.79 Å². The number of hydrogen-bond donors (Lipinski definition) is 2. The molecular formula is C23H41NO2. The van der Waals surface area contributed by atoms with Crippen LogP contribution in [-0.2, 0) is 4.79 Å². The Morgan fingerprint density at radius 2 is 1.54 bits per heavy atom. The minimum atomic E-state index is -0.436. The first-order valence-electron chi connectivity index (χ1n) is 9.43. The van der Waals surface area contributed by atoms with Gasteiger partial charge in [0.05, 0.1) is 0 Å². The van der Waals surface area contributed by atoms with Crippen LogP contribution in [0.4, 0.5) is 0 Å². The molecule has 0 aromatic carbocycles. The molecule has 3 nitrogen and oxygen atoms in total. The summed E-state index contributed by atoms with van der Waals surface area (Å²) in [6, 6.07) is 0. The molecule has 3 heteroatoms. The first-order valence-corrected chi connectivity index (χ1v) is 9.43. The summed E-state index contributed by atoms with van der Waals surface area (Å²) in [7, 11) is 0. The Labute approximate surface area is 162 Å². The number of carbonyl (C=O) groups is 1. The number of allylic oxidation sites excluding steroid dienone is 9. The highest BCUT2D eigenvalue weighted by Crippen LogP contribution is 2.29. The number of aliphatic hydroxyl groups excluding tert-OH is 1. The van der Waals surface area contributed by atoms with E-state index in [1.54, 1.807) is 19.1 Å². The molecule has 0 bridgehead atoms. The standard InChI is InChI=1S/C17H23NO2.3C2H6/c1-5-9-11-13(7-3)15(12-17(18)20)14(8-4)16(19)10-6-2;3*1-2/h5-11,15,19H,2-3,12H2,1,4H3,(H2,18,20);3*1-2H3/b9-5-,13-11+,14-8-,16-10+;;;. The first kappa shape index (κ1) is 31.5. The number of hydrogen-bond acceptors (Lipinski definition) is 2. The molecule has 0 radical (unpaired) electrons. The van der Waals surface area contributed by atoms with Gasteiger partial charge in [-0.2, -0.15) is 0 Å². The lowest BCUT2D eigenvalue weighted by Crippen LogP contribution is -2.19. The van der Waals surface area contributed by atoms with E-state index in [1.807, 2.05) is 66.7 Å². The summed E-state index contributed by atoms with van der Waals surface area (Å²) in [4.78, 5) is 11.3. The number of nitrogens with two attached hydrogens (primary N) is 1. The Hall–Kier alpha value is -2.29. The molecule has 1 unspecified atom stereocenters. The van der Waals surface area contributed by atoms with Gasteiger partial charge in [0.15, 0.2) is 0 Å². The fraction of sp³-hybridized carbons (Fsp3) is 0.435. The second kappa shape index (κ2) is 25.0. The number of carbonyl (C=O) groups excluding carboxylic acids is 1. The Kier molecular flexibility index (Phi) is 30.2. The Balaban J connectivity index is -0.000000362. The second-order valence-corrected chi connectivity index (χ2v) is 4.15. The molecule has 0 aliphatic heterocycles. The van der Waals surface area contributed by atoms with Crippen LogP contribution < -0.4 is 5.73 Å². The van der Waals surface area contributed by atoms with Crippen molar-refractivity contribution in [2.24, 2.45) is 11.7 Å². The molecule has 0 aliphatic carbocycles. The SMILES string of the molecule is C=C/C=C(O)\C(=C/C)C(CC(N)=O)/C(C=C)=C/C=C\C.CC.CC.CC. The third kappa shape index (κ3) is 15.3. The van der Waals surface area contributed by atoms with E-state index >= 15 is 0 Å². The summed E-state index contributed by atoms with van der Waals surface area (Å²) >= 11 is 0. The molecular weight excluding hydrogens is 322 g/mol. The monoisotopic (exact) mass is 363 g/mol. The normalized spacial score (nSPS) is 12.4. The van der Waals surface area contributed by atoms with Gasteiger partial charge in [0.25, 0.3) is 0 Å². The van der Waals surface area contributed by atoms with Crippen molar-refractivity contribution >= 4 is 5.91 Å². The summed E-state index contributed by atoms with van der Waals surface area (Å²) < 4.78 is 0. The summed E-state index contributed by atoms with van der Waals surface area (Å²) in [5, 5.41) is 10.1. The van der Waals surface area contributed by atoms with Crippen molar-refractivity contribution in [2.45, 2.75) is 61.8 Å². The van der Waals surface area contributed by atoms with Gasteiger partial charge in [-0.15, -0.1) is 0 Å². The van der Waals surface area contributed by atoms with Gasteiger partial charge in [-0.05, 0) is 31.1 Å². The van der Waals surface area contributed by atoms with Gasteiger partial charge in [0.2, 0.25) is 5.91 Å². The van der Waals surface area contributed by atoms with Gasteiger partial charge in [-0.1, -0.05) is 91.2 Å². The number of primary amides is 1. The summed E-state index contributed by atoms with van der Waals surface area (Å²) in [6.45, 7) is 23.0. The van der Waals surface area contributed by atoms with Gasteiger partial charge >= 0.3 is 0 Å². The van der Waals surface area contributed by atoms with E-state index < -0.39 is 5.91 Å².